The maximum Gasteiger partial charge on any atom is 0.222 e. The second kappa shape index (κ2) is 4.76. The van der Waals surface area contributed by atoms with Crippen molar-refractivity contribution in [3.8, 4) is 0 Å². The Morgan fingerprint density at radius 1 is 1.15 bits per heavy atom. The number of nitrogens with one attached hydrogen (secondary N) is 1. The SMILES string of the molecule is c1ccc([C@H]2C[C@@H](c3cccs3)Nc3ncnn32)cc1. The van der Waals surface area contributed by atoms with Crippen molar-refractivity contribution in [2.45, 2.75) is 18.5 Å². The maximum absolute atomic E-state index is 4.38. The van der Waals surface area contributed by atoms with Gasteiger partial charge >= 0.3 is 0 Å². The third-order valence-corrected chi connectivity index (χ3v) is 4.69. The normalized spacial score (nSPS) is 21.2. The first kappa shape index (κ1) is 11.7. The number of nitrogens with zero attached hydrogens (tertiary/aromatic N) is 3. The monoisotopic (exact) mass is 282 g/mol. The Labute approximate surface area is 121 Å². The predicted molar refractivity (Wildman–Crippen MR) is 79.9 cm³/mol. The maximum atomic E-state index is 4.38. The third-order valence-electron chi connectivity index (χ3n) is 3.70. The summed E-state index contributed by atoms with van der Waals surface area (Å²) in [6.45, 7) is 0. The average molecular weight is 282 g/mol. The minimum atomic E-state index is 0.238. The molecule has 4 nitrogen and oxygen atoms in total. The van der Waals surface area contributed by atoms with E-state index in [2.05, 4.69) is 57.2 Å². The minimum absolute atomic E-state index is 0.238. The van der Waals surface area contributed by atoms with Crippen molar-refractivity contribution in [1.29, 1.82) is 0 Å². The van der Waals surface area contributed by atoms with E-state index < -0.39 is 0 Å². The van der Waals surface area contributed by atoms with Crippen molar-refractivity contribution in [3.05, 3.63) is 64.6 Å². The molecule has 3 aromatic rings. The first-order valence-electron chi connectivity index (χ1n) is 6.66. The third kappa shape index (κ3) is 1.91. The van der Waals surface area contributed by atoms with Crippen molar-refractivity contribution < 1.29 is 0 Å². The fourth-order valence-electron chi connectivity index (χ4n) is 2.75. The van der Waals surface area contributed by atoms with Gasteiger partial charge in [0.2, 0.25) is 5.95 Å². The molecule has 0 aliphatic carbocycles. The summed E-state index contributed by atoms with van der Waals surface area (Å²) in [5.74, 6) is 0.850. The van der Waals surface area contributed by atoms with Crippen LogP contribution in [0.1, 0.15) is 28.9 Å². The molecule has 0 unspecified atom stereocenters. The molecule has 0 saturated carbocycles. The molecular weight excluding hydrogens is 268 g/mol. The summed E-state index contributed by atoms with van der Waals surface area (Å²) < 4.78 is 1.99. The van der Waals surface area contributed by atoms with Gasteiger partial charge < -0.3 is 5.32 Å². The number of hydrogen-bond donors (Lipinski definition) is 1. The Morgan fingerprint density at radius 2 is 2.05 bits per heavy atom. The van der Waals surface area contributed by atoms with Crippen LogP contribution in [0.3, 0.4) is 0 Å². The van der Waals surface area contributed by atoms with Crippen LogP contribution in [0.5, 0.6) is 0 Å². The van der Waals surface area contributed by atoms with Crippen LogP contribution in [0.4, 0.5) is 5.95 Å². The van der Waals surface area contributed by atoms with Crippen LogP contribution in [0.2, 0.25) is 0 Å². The smallest absolute Gasteiger partial charge is 0.222 e. The number of anilines is 1. The van der Waals surface area contributed by atoms with Gasteiger partial charge in [-0.3, -0.25) is 0 Å². The van der Waals surface area contributed by atoms with E-state index in [0.29, 0.717) is 6.04 Å². The molecule has 2 atom stereocenters. The van der Waals surface area contributed by atoms with Crippen molar-refractivity contribution >= 4 is 17.3 Å². The summed E-state index contributed by atoms with van der Waals surface area (Å²) in [7, 11) is 0. The van der Waals surface area contributed by atoms with Gasteiger partial charge in [0.1, 0.15) is 6.33 Å². The topological polar surface area (TPSA) is 42.7 Å². The lowest BCUT2D eigenvalue weighted by Crippen LogP contribution is -2.27. The summed E-state index contributed by atoms with van der Waals surface area (Å²) in [6.07, 6.45) is 2.61. The van der Waals surface area contributed by atoms with Crippen molar-refractivity contribution in [2.75, 3.05) is 5.32 Å². The lowest BCUT2D eigenvalue weighted by atomic mass is 9.97. The van der Waals surface area contributed by atoms with Gasteiger partial charge in [0.05, 0.1) is 12.1 Å². The standard InChI is InChI=1S/C15H14N4S/c1-2-5-11(6-3-1)13-9-12(14-7-4-8-20-14)18-15-16-10-17-19(13)15/h1-8,10,12-13H,9H2,(H,16,17,18)/t12-,13+/m0/s1. The van der Waals surface area contributed by atoms with Crippen LogP contribution in [0.25, 0.3) is 0 Å². The zero-order valence-corrected chi connectivity index (χ0v) is 11.6. The summed E-state index contributed by atoms with van der Waals surface area (Å²) in [4.78, 5) is 5.69. The molecule has 0 amide bonds. The molecular formula is C15H14N4S. The second-order valence-corrected chi connectivity index (χ2v) is 5.88. The molecule has 0 saturated heterocycles. The van der Waals surface area contributed by atoms with Gasteiger partial charge in [0.25, 0.3) is 0 Å². The summed E-state index contributed by atoms with van der Waals surface area (Å²) in [6, 6.07) is 15.3. The molecule has 0 radical (unpaired) electrons. The first-order valence-corrected chi connectivity index (χ1v) is 7.54. The fraction of sp³-hybridized carbons (Fsp3) is 0.200. The van der Waals surface area contributed by atoms with E-state index >= 15 is 0 Å². The van der Waals surface area contributed by atoms with Gasteiger partial charge in [-0.1, -0.05) is 36.4 Å². The molecule has 1 aliphatic rings. The highest BCUT2D eigenvalue weighted by molar-refractivity contribution is 7.10. The van der Waals surface area contributed by atoms with Crippen LogP contribution >= 0.6 is 11.3 Å². The van der Waals surface area contributed by atoms with E-state index in [9.17, 15) is 0 Å². The molecule has 100 valence electrons. The molecule has 1 aromatic carbocycles. The van der Waals surface area contributed by atoms with Gasteiger partial charge in [0.15, 0.2) is 0 Å². The number of fused-ring (bicyclic) bond motifs is 1. The molecule has 20 heavy (non-hydrogen) atoms. The number of aromatic nitrogens is 3. The molecule has 0 spiro atoms. The number of thiophene rings is 1. The Morgan fingerprint density at radius 3 is 2.85 bits per heavy atom. The van der Waals surface area contributed by atoms with E-state index in [1.165, 1.54) is 10.4 Å². The quantitative estimate of drug-likeness (QED) is 0.782. The van der Waals surface area contributed by atoms with Crippen LogP contribution in [-0.2, 0) is 0 Å². The molecule has 1 N–H and O–H groups in total. The summed E-state index contributed by atoms with van der Waals surface area (Å²) in [5.41, 5.74) is 1.28. The van der Waals surface area contributed by atoms with E-state index in [-0.39, 0.29) is 6.04 Å². The van der Waals surface area contributed by atoms with Gasteiger partial charge in [-0.15, -0.1) is 11.3 Å². The van der Waals surface area contributed by atoms with Crippen molar-refractivity contribution in [2.24, 2.45) is 0 Å². The molecule has 1 aliphatic heterocycles. The van der Waals surface area contributed by atoms with Gasteiger partial charge in [-0.25, -0.2) is 4.68 Å². The van der Waals surface area contributed by atoms with Crippen LogP contribution in [0.15, 0.2) is 54.2 Å². The molecule has 3 heterocycles. The van der Waals surface area contributed by atoms with Crippen LogP contribution in [0, 0.1) is 0 Å². The highest BCUT2D eigenvalue weighted by Gasteiger charge is 2.30. The summed E-state index contributed by atoms with van der Waals surface area (Å²) in [5, 5.41) is 9.97. The van der Waals surface area contributed by atoms with Crippen LogP contribution in [-0.4, -0.2) is 14.8 Å². The first-order chi connectivity index (χ1) is 9.92. The molecule has 0 bridgehead atoms. The number of rotatable bonds is 2. The van der Waals surface area contributed by atoms with Gasteiger partial charge in [0, 0.05) is 4.88 Å². The highest BCUT2D eigenvalue weighted by atomic mass is 32.1. The Hall–Kier alpha value is -2.14. The largest absolute Gasteiger partial charge is 0.347 e. The van der Waals surface area contributed by atoms with E-state index in [1.807, 2.05) is 10.7 Å². The summed E-state index contributed by atoms with van der Waals surface area (Å²) >= 11 is 1.78. The fourth-order valence-corrected chi connectivity index (χ4v) is 3.54. The molecule has 4 rings (SSSR count). The number of hydrogen-bond acceptors (Lipinski definition) is 4. The zero-order chi connectivity index (χ0) is 13.4. The van der Waals surface area contributed by atoms with Crippen LogP contribution < -0.4 is 5.32 Å². The van der Waals surface area contributed by atoms with Crippen molar-refractivity contribution in [3.63, 3.8) is 0 Å². The Balaban J connectivity index is 1.75. The lowest BCUT2D eigenvalue weighted by molar-refractivity contribution is 0.433. The Kier molecular flexibility index (Phi) is 2.77. The minimum Gasteiger partial charge on any atom is -0.347 e. The molecule has 0 fully saturated rings. The van der Waals surface area contributed by atoms with Gasteiger partial charge in [-0.05, 0) is 23.4 Å². The van der Waals surface area contributed by atoms with E-state index in [1.54, 1.807) is 17.7 Å². The average Bonchev–Trinajstić information content (AvgIpc) is 3.18. The van der Waals surface area contributed by atoms with E-state index in [4.69, 9.17) is 0 Å². The van der Waals surface area contributed by atoms with E-state index in [0.717, 1.165) is 12.4 Å². The molecule has 5 heteroatoms. The Bertz CT molecular complexity index is 690. The second-order valence-electron chi connectivity index (χ2n) is 4.90. The lowest BCUT2D eigenvalue weighted by Gasteiger charge is -2.31. The molecule has 2 aromatic heterocycles. The van der Waals surface area contributed by atoms with Gasteiger partial charge in [-0.2, -0.15) is 10.1 Å². The number of benzene rings is 1. The van der Waals surface area contributed by atoms with Crippen molar-refractivity contribution in [1.82, 2.24) is 14.8 Å². The highest BCUT2D eigenvalue weighted by Crippen LogP contribution is 2.38. The zero-order valence-electron chi connectivity index (χ0n) is 10.8. The predicted octanol–water partition coefficient (Wildman–Crippen LogP) is 3.49.